The molecule has 0 bridgehead atoms. The van der Waals surface area contributed by atoms with E-state index >= 15 is 0 Å². The smallest absolute Gasteiger partial charge is 0.277 e. The zero-order valence-electron chi connectivity index (χ0n) is 18.8. The molecular weight excluding hydrogens is 374 g/mol. The van der Waals surface area contributed by atoms with Crippen LogP contribution in [-0.2, 0) is 23.8 Å². The van der Waals surface area contributed by atoms with Gasteiger partial charge < -0.3 is 5.32 Å². The molecule has 0 saturated carbocycles. The van der Waals surface area contributed by atoms with Crippen LogP contribution in [0, 0.1) is 0 Å². The second-order valence-corrected chi connectivity index (χ2v) is 10.1. The van der Waals surface area contributed by atoms with E-state index in [0.717, 1.165) is 41.9 Å². The first-order valence-corrected chi connectivity index (χ1v) is 10.6. The lowest BCUT2D eigenvalue weighted by molar-refractivity contribution is 0.101. The summed E-state index contributed by atoms with van der Waals surface area (Å²) in [5, 5.41) is 12.6. The van der Waals surface area contributed by atoms with Crippen molar-refractivity contribution in [2.24, 2.45) is 0 Å². The van der Waals surface area contributed by atoms with Crippen LogP contribution in [0.5, 0.6) is 0 Å². The van der Waals surface area contributed by atoms with Crippen molar-refractivity contribution in [1.29, 1.82) is 0 Å². The normalized spacial score (nSPS) is 14.1. The van der Waals surface area contributed by atoms with Crippen LogP contribution in [0.1, 0.15) is 75.4 Å². The molecule has 2 aromatic heterocycles. The molecule has 0 saturated heterocycles. The number of aromatic nitrogens is 4. The second-order valence-electron chi connectivity index (χ2n) is 10.1. The highest BCUT2D eigenvalue weighted by Gasteiger charge is 2.30. The van der Waals surface area contributed by atoms with Crippen LogP contribution in [0.3, 0.4) is 0 Å². The van der Waals surface area contributed by atoms with Crippen molar-refractivity contribution < 1.29 is 4.79 Å². The summed E-state index contributed by atoms with van der Waals surface area (Å²) in [6.45, 7) is 12.6. The number of anilines is 1. The van der Waals surface area contributed by atoms with Crippen LogP contribution in [0.4, 0.5) is 5.82 Å². The summed E-state index contributed by atoms with van der Waals surface area (Å²) in [5.41, 5.74) is 4.31. The fraction of sp³-hybridized carbons (Fsp3) is 0.458. The minimum Gasteiger partial charge on any atom is -0.305 e. The molecular formula is C24H31N5O. The van der Waals surface area contributed by atoms with Crippen LogP contribution in [-0.4, -0.2) is 25.5 Å². The third-order valence-electron chi connectivity index (χ3n) is 5.50. The Morgan fingerprint density at radius 3 is 2.33 bits per heavy atom. The zero-order valence-corrected chi connectivity index (χ0v) is 18.8. The van der Waals surface area contributed by atoms with Gasteiger partial charge in [-0.2, -0.15) is 10.2 Å². The van der Waals surface area contributed by atoms with Gasteiger partial charge in [-0.25, -0.2) is 9.36 Å². The number of carbonyl (C=O) groups is 1. The van der Waals surface area contributed by atoms with Crippen LogP contribution in [0.15, 0.2) is 36.4 Å². The van der Waals surface area contributed by atoms with Gasteiger partial charge >= 0.3 is 0 Å². The minimum atomic E-state index is -0.253. The number of fused-ring (bicyclic) bond motifs is 1. The average molecular weight is 406 g/mol. The lowest BCUT2D eigenvalue weighted by Gasteiger charge is -2.23. The van der Waals surface area contributed by atoms with E-state index in [2.05, 4.69) is 46.9 Å². The molecule has 4 rings (SSSR count). The first-order chi connectivity index (χ1) is 14.1. The molecule has 1 N–H and O–H groups in total. The Hall–Kier alpha value is -2.89. The summed E-state index contributed by atoms with van der Waals surface area (Å²) < 4.78 is 3.83. The number of amides is 1. The van der Waals surface area contributed by atoms with Crippen molar-refractivity contribution in [1.82, 2.24) is 19.6 Å². The number of hydrogen-bond donors (Lipinski definition) is 1. The van der Waals surface area contributed by atoms with Crippen molar-refractivity contribution in [2.45, 2.75) is 71.8 Å². The van der Waals surface area contributed by atoms with Crippen LogP contribution in [0.25, 0.3) is 5.69 Å². The molecule has 6 heteroatoms. The summed E-state index contributed by atoms with van der Waals surface area (Å²) in [4.78, 5) is 13.3. The third-order valence-corrected chi connectivity index (χ3v) is 5.50. The van der Waals surface area contributed by atoms with Crippen LogP contribution >= 0.6 is 0 Å². The summed E-state index contributed by atoms with van der Waals surface area (Å²) in [6.07, 6.45) is 2.88. The standard InChI is InChI=1S/C24H31N5O/c1-23(2,3)19-15-20(29(26-19)24(4,5)6)25-22(30)21-17-13-10-14-18(17)28(27-21)16-11-8-7-9-12-16/h7-9,11-12,15H,10,13-14H2,1-6H3,(H,25,30). The highest BCUT2D eigenvalue weighted by Crippen LogP contribution is 2.31. The van der Waals surface area contributed by atoms with Gasteiger partial charge in [-0.1, -0.05) is 39.0 Å². The molecule has 0 fully saturated rings. The van der Waals surface area contributed by atoms with Crippen molar-refractivity contribution in [3.63, 3.8) is 0 Å². The summed E-state index contributed by atoms with van der Waals surface area (Å²) >= 11 is 0. The number of nitrogens with one attached hydrogen (secondary N) is 1. The van der Waals surface area contributed by atoms with Gasteiger partial charge in [-0.3, -0.25) is 4.79 Å². The van der Waals surface area contributed by atoms with Gasteiger partial charge in [-0.15, -0.1) is 0 Å². The Bertz CT molecular complexity index is 1080. The van der Waals surface area contributed by atoms with Gasteiger partial charge in [0, 0.05) is 22.7 Å². The van der Waals surface area contributed by atoms with E-state index in [-0.39, 0.29) is 16.9 Å². The van der Waals surface area contributed by atoms with Crippen LogP contribution < -0.4 is 5.32 Å². The molecule has 0 atom stereocenters. The fourth-order valence-electron chi connectivity index (χ4n) is 3.93. The van der Waals surface area contributed by atoms with Gasteiger partial charge in [0.15, 0.2) is 5.69 Å². The van der Waals surface area contributed by atoms with E-state index in [1.807, 2.05) is 45.8 Å². The van der Waals surface area contributed by atoms with E-state index in [0.29, 0.717) is 11.5 Å². The molecule has 158 valence electrons. The van der Waals surface area contributed by atoms with Crippen molar-refractivity contribution in [3.8, 4) is 5.69 Å². The number of rotatable bonds is 3. The molecule has 0 aliphatic heterocycles. The monoisotopic (exact) mass is 405 g/mol. The molecule has 0 spiro atoms. The molecule has 6 nitrogen and oxygen atoms in total. The lowest BCUT2D eigenvalue weighted by Crippen LogP contribution is -2.27. The van der Waals surface area contributed by atoms with Gasteiger partial charge in [0.2, 0.25) is 0 Å². The molecule has 0 radical (unpaired) electrons. The Kier molecular flexibility index (Phi) is 4.83. The molecule has 1 amide bonds. The van der Waals surface area contributed by atoms with Crippen molar-refractivity contribution >= 4 is 11.7 Å². The Morgan fingerprint density at radius 2 is 1.70 bits per heavy atom. The first-order valence-electron chi connectivity index (χ1n) is 10.6. The molecule has 1 aliphatic carbocycles. The maximum atomic E-state index is 13.3. The number of carbonyl (C=O) groups excluding carboxylic acids is 1. The molecule has 0 unspecified atom stereocenters. The van der Waals surface area contributed by atoms with Crippen molar-refractivity contribution in [3.05, 3.63) is 59.0 Å². The third kappa shape index (κ3) is 3.66. The molecule has 1 aromatic carbocycles. The van der Waals surface area contributed by atoms with E-state index in [9.17, 15) is 4.79 Å². The van der Waals surface area contributed by atoms with Crippen LogP contribution in [0.2, 0.25) is 0 Å². The second kappa shape index (κ2) is 7.11. The maximum absolute atomic E-state index is 13.3. The van der Waals surface area contributed by atoms with Gasteiger partial charge in [0.05, 0.1) is 16.9 Å². The Labute approximate surface area is 178 Å². The molecule has 3 aromatic rings. The highest BCUT2D eigenvalue weighted by atomic mass is 16.2. The molecule has 30 heavy (non-hydrogen) atoms. The van der Waals surface area contributed by atoms with Gasteiger partial charge in [-0.05, 0) is 52.2 Å². The quantitative estimate of drug-likeness (QED) is 0.677. The number of benzene rings is 1. The zero-order chi connectivity index (χ0) is 21.7. The Morgan fingerprint density at radius 1 is 1.00 bits per heavy atom. The summed E-state index contributed by atoms with van der Waals surface area (Å²) in [6, 6.07) is 12.0. The summed E-state index contributed by atoms with van der Waals surface area (Å²) in [5.74, 6) is 0.534. The molecule has 2 heterocycles. The predicted octanol–water partition coefficient (Wildman–Crippen LogP) is 4.86. The van der Waals surface area contributed by atoms with E-state index in [4.69, 9.17) is 10.2 Å². The minimum absolute atomic E-state index is 0.105. The van der Waals surface area contributed by atoms with Gasteiger partial charge in [0.1, 0.15) is 5.82 Å². The first kappa shape index (κ1) is 20.4. The number of para-hydroxylation sites is 1. The maximum Gasteiger partial charge on any atom is 0.277 e. The SMILES string of the molecule is CC(C)(C)c1cc(NC(=O)c2nn(-c3ccccc3)c3c2CCC3)n(C(C)(C)C)n1. The fourth-order valence-corrected chi connectivity index (χ4v) is 3.93. The largest absolute Gasteiger partial charge is 0.305 e. The summed E-state index contributed by atoms with van der Waals surface area (Å²) in [7, 11) is 0. The topological polar surface area (TPSA) is 64.7 Å². The predicted molar refractivity (Wildman–Crippen MR) is 119 cm³/mol. The van der Waals surface area contributed by atoms with E-state index in [1.165, 1.54) is 0 Å². The Balaban J connectivity index is 1.72. The van der Waals surface area contributed by atoms with Crippen molar-refractivity contribution in [2.75, 3.05) is 5.32 Å². The lowest BCUT2D eigenvalue weighted by atomic mass is 9.92. The average Bonchev–Trinajstić information content (AvgIpc) is 3.35. The number of hydrogen-bond acceptors (Lipinski definition) is 3. The molecule has 1 aliphatic rings. The number of nitrogens with zero attached hydrogens (tertiary/aromatic N) is 4. The van der Waals surface area contributed by atoms with E-state index < -0.39 is 0 Å². The van der Waals surface area contributed by atoms with E-state index in [1.54, 1.807) is 0 Å². The highest BCUT2D eigenvalue weighted by molar-refractivity contribution is 6.03. The van der Waals surface area contributed by atoms with Gasteiger partial charge in [0.25, 0.3) is 5.91 Å².